The lowest BCUT2D eigenvalue weighted by Crippen LogP contribution is -2.26. The zero-order valence-electron chi connectivity index (χ0n) is 12.2. The van der Waals surface area contributed by atoms with Gasteiger partial charge < -0.3 is 24.8 Å². The molecule has 0 spiro atoms. The van der Waals surface area contributed by atoms with Gasteiger partial charge in [-0.25, -0.2) is 4.98 Å². The third-order valence-corrected chi connectivity index (χ3v) is 3.36. The van der Waals surface area contributed by atoms with Crippen LogP contribution in [0, 0.1) is 5.41 Å². The fourth-order valence-electron chi connectivity index (χ4n) is 2.03. The number of anilines is 1. The van der Waals surface area contributed by atoms with Crippen molar-refractivity contribution in [1.29, 1.82) is 0 Å². The minimum atomic E-state index is -4.19. The van der Waals surface area contributed by atoms with Crippen LogP contribution in [-0.4, -0.2) is 42.3 Å². The van der Waals surface area contributed by atoms with E-state index in [1.807, 2.05) is 13.8 Å². The standard InChI is InChI=1S/C11H18N5O5P/c1-11(2,4-21-6-22(18,19)20)3-16-5-13-7-8(16)14-10(12)15-9(7)17/h5H,3-4,6H2,1-2H3,(H2,18,19,20)(H3,12,14,15,17). The van der Waals surface area contributed by atoms with E-state index in [2.05, 4.69) is 15.0 Å². The summed E-state index contributed by atoms with van der Waals surface area (Å²) in [6.45, 7) is 4.22. The first kappa shape index (κ1) is 16.6. The summed E-state index contributed by atoms with van der Waals surface area (Å²) in [5.41, 5.74) is 5.18. The number of nitrogens with two attached hydrogens (primary N) is 1. The number of rotatable bonds is 6. The predicted octanol–water partition coefficient (Wildman–Crippen LogP) is -0.120. The summed E-state index contributed by atoms with van der Waals surface area (Å²) in [7, 11) is -4.19. The van der Waals surface area contributed by atoms with E-state index >= 15 is 0 Å². The number of nitrogens with one attached hydrogen (secondary N) is 1. The van der Waals surface area contributed by atoms with Crippen molar-refractivity contribution in [2.24, 2.45) is 5.41 Å². The molecule has 0 aromatic carbocycles. The van der Waals surface area contributed by atoms with Gasteiger partial charge in [-0.2, -0.15) is 4.98 Å². The number of fused-ring (bicyclic) bond motifs is 1. The van der Waals surface area contributed by atoms with Crippen LogP contribution >= 0.6 is 7.60 Å². The Morgan fingerprint density at radius 2 is 2.18 bits per heavy atom. The number of H-pyrrole nitrogens is 1. The van der Waals surface area contributed by atoms with Crippen LogP contribution in [-0.2, 0) is 15.8 Å². The third-order valence-electron chi connectivity index (χ3n) is 2.84. The van der Waals surface area contributed by atoms with Gasteiger partial charge in [-0.1, -0.05) is 13.8 Å². The maximum atomic E-state index is 11.7. The molecule has 2 heterocycles. The number of hydrogen-bond acceptors (Lipinski definition) is 6. The number of imidazole rings is 1. The first-order chi connectivity index (χ1) is 10.1. The molecule has 0 amide bonds. The Hall–Kier alpha value is -1.74. The molecule has 0 saturated carbocycles. The minimum Gasteiger partial charge on any atom is -0.369 e. The van der Waals surface area contributed by atoms with E-state index in [-0.39, 0.29) is 18.1 Å². The zero-order valence-corrected chi connectivity index (χ0v) is 13.1. The van der Waals surface area contributed by atoms with Gasteiger partial charge in [0.1, 0.15) is 6.35 Å². The third kappa shape index (κ3) is 4.14. The summed E-state index contributed by atoms with van der Waals surface area (Å²) in [6.07, 6.45) is 0.836. The van der Waals surface area contributed by atoms with Gasteiger partial charge in [-0.15, -0.1) is 0 Å². The average Bonchev–Trinajstić information content (AvgIpc) is 2.69. The summed E-state index contributed by atoms with van der Waals surface area (Å²) in [4.78, 5) is 39.7. The molecule has 2 rings (SSSR count). The molecule has 22 heavy (non-hydrogen) atoms. The van der Waals surface area contributed by atoms with Crippen LogP contribution < -0.4 is 11.3 Å². The van der Waals surface area contributed by atoms with Crippen molar-refractivity contribution in [2.75, 3.05) is 18.7 Å². The van der Waals surface area contributed by atoms with Gasteiger partial charge in [-0.05, 0) is 0 Å². The van der Waals surface area contributed by atoms with Crippen LogP contribution in [0.5, 0.6) is 0 Å². The summed E-state index contributed by atoms with van der Waals surface area (Å²) >= 11 is 0. The number of ether oxygens (including phenoxy) is 1. The van der Waals surface area contributed by atoms with E-state index in [9.17, 15) is 9.36 Å². The van der Waals surface area contributed by atoms with Crippen molar-refractivity contribution in [3.63, 3.8) is 0 Å². The Morgan fingerprint density at radius 1 is 1.50 bits per heavy atom. The lowest BCUT2D eigenvalue weighted by atomic mass is 9.95. The Labute approximate surface area is 125 Å². The number of nitrogens with zero attached hydrogens (tertiary/aromatic N) is 3. The number of nitrogen functional groups attached to an aromatic ring is 1. The lowest BCUT2D eigenvalue weighted by molar-refractivity contribution is 0.0715. The second-order valence-corrected chi connectivity index (χ2v) is 7.39. The maximum Gasteiger partial charge on any atom is 0.350 e. The molecule has 0 aliphatic heterocycles. The first-order valence-electron chi connectivity index (χ1n) is 6.40. The quantitative estimate of drug-likeness (QED) is 0.534. The molecule has 0 radical (unpaired) electrons. The topological polar surface area (TPSA) is 156 Å². The number of aromatic nitrogens is 4. The van der Waals surface area contributed by atoms with E-state index < -0.39 is 24.9 Å². The smallest absolute Gasteiger partial charge is 0.350 e. The average molecular weight is 331 g/mol. The normalized spacial score (nSPS) is 12.9. The molecular weight excluding hydrogens is 313 g/mol. The second kappa shape index (κ2) is 5.81. The molecule has 5 N–H and O–H groups in total. The van der Waals surface area contributed by atoms with Crippen molar-refractivity contribution in [3.8, 4) is 0 Å². The van der Waals surface area contributed by atoms with Crippen molar-refractivity contribution in [2.45, 2.75) is 20.4 Å². The zero-order chi connectivity index (χ0) is 16.5. The van der Waals surface area contributed by atoms with Gasteiger partial charge in [0.05, 0.1) is 12.9 Å². The van der Waals surface area contributed by atoms with Crippen LogP contribution in [0.1, 0.15) is 13.8 Å². The fraction of sp³-hybridized carbons (Fsp3) is 0.545. The van der Waals surface area contributed by atoms with Gasteiger partial charge in [0, 0.05) is 12.0 Å². The molecule has 0 unspecified atom stereocenters. The Balaban J connectivity index is 2.16. The second-order valence-electron chi connectivity index (χ2n) is 5.80. The van der Waals surface area contributed by atoms with Crippen molar-refractivity contribution in [3.05, 3.63) is 16.7 Å². The highest BCUT2D eigenvalue weighted by Crippen LogP contribution is 2.34. The Kier molecular flexibility index (Phi) is 4.39. The summed E-state index contributed by atoms with van der Waals surface area (Å²) in [6, 6.07) is 0. The lowest BCUT2D eigenvalue weighted by Gasteiger charge is -2.25. The molecule has 0 aliphatic carbocycles. The molecule has 0 aliphatic rings. The highest BCUT2D eigenvalue weighted by atomic mass is 31.2. The van der Waals surface area contributed by atoms with E-state index in [0.29, 0.717) is 12.2 Å². The highest BCUT2D eigenvalue weighted by molar-refractivity contribution is 7.51. The van der Waals surface area contributed by atoms with E-state index in [1.54, 1.807) is 4.57 Å². The van der Waals surface area contributed by atoms with Crippen LogP contribution in [0.15, 0.2) is 11.1 Å². The molecule has 0 fully saturated rings. The molecule has 2 aromatic rings. The molecule has 0 bridgehead atoms. The van der Waals surface area contributed by atoms with Crippen LogP contribution in [0.25, 0.3) is 11.2 Å². The van der Waals surface area contributed by atoms with Gasteiger partial charge in [0.2, 0.25) is 5.95 Å². The molecular formula is C11H18N5O5P. The first-order valence-corrected chi connectivity index (χ1v) is 8.20. The van der Waals surface area contributed by atoms with Crippen LogP contribution in [0.4, 0.5) is 5.95 Å². The Bertz CT molecular complexity index is 777. The highest BCUT2D eigenvalue weighted by Gasteiger charge is 2.23. The van der Waals surface area contributed by atoms with Gasteiger partial charge in [0.25, 0.3) is 5.56 Å². The predicted molar refractivity (Wildman–Crippen MR) is 79.2 cm³/mol. The number of hydrogen-bond donors (Lipinski definition) is 4. The molecule has 0 atom stereocenters. The van der Waals surface area contributed by atoms with Crippen molar-refractivity contribution >= 4 is 24.7 Å². The van der Waals surface area contributed by atoms with Crippen LogP contribution in [0.3, 0.4) is 0 Å². The SMILES string of the molecule is CC(C)(COCP(=O)(O)O)Cn1cnc2c(=O)[nH]c(N)nc21. The maximum absolute atomic E-state index is 11.7. The molecule has 11 heteroatoms. The molecule has 2 aromatic heterocycles. The molecule has 122 valence electrons. The molecule has 0 saturated heterocycles. The van der Waals surface area contributed by atoms with E-state index in [0.717, 1.165) is 0 Å². The fourth-order valence-corrected chi connectivity index (χ4v) is 2.36. The number of aromatic amines is 1. The van der Waals surface area contributed by atoms with Crippen molar-refractivity contribution < 1.29 is 19.1 Å². The van der Waals surface area contributed by atoms with Crippen LogP contribution in [0.2, 0.25) is 0 Å². The van der Waals surface area contributed by atoms with Crippen molar-refractivity contribution in [1.82, 2.24) is 19.5 Å². The summed E-state index contributed by atoms with van der Waals surface area (Å²) in [5.74, 6) is -0.00481. The molecule has 10 nitrogen and oxygen atoms in total. The largest absolute Gasteiger partial charge is 0.369 e. The van der Waals surface area contributed by atoms with Gasteiger partial charge in [0.15, 0.2) is 11.2 Å². The van der Waals surface area contributed by atoms with E-state index in [1.165, 1.54) is 6.33 Å². The Morgan fingerprint density at radius 3 is 2.82 bits per heavy atom. The monoisotopic (exact) mass is 331 g/mol. The summed E-state index contributed by atoms with van der Waals surface area (Å²) in [5, 5.41) is 0. The van der Waals surface area contributed by atoms with Gasteiger partial charge >= 0.3 is 7.60 Å². The minimum absolute atomic E-state index is 0.00481. The van der Waals surface area contributed by atoms with E-state index in [4.69, 9.17) is 20.3 Å². The summed E-state index contributed by atoms with van der Waals surface area (Å²) < 4.78 is 17.5. The van der Waals surface area contributed by atoms with Gasteiger partial charge in [-0.3, -0.25) is 14.3 Å².